The van der Waals surface area contributed by atoms with Gasteiger partial charge in [-0.15, -0.1) is 0 Å². The number of carbonyl (C=O) groups excluding carboxylic acids is 2. The number of esters is 1. The number of aliphatic hydroxyl groups excluding tert-OH is 5. The predicted octanol–water partition coefficient (Wildman–Crippen LogP) is 1.07. The Morgan fingerprint density at radius 3 is 2.45 bits per heavy atom. The summed E-state index contributed by atoms with van der Waals surface area (Å²) >= 11 is 0. The van der Waals surface area contributed by atoms with Crippen LogP contribution in [0.4, 0.5) is 0 Å². The van der Waals surface area contributed by atoms with Crippen molar-refractivity contribution in [2.24, 2.45) is 5.41 Å². The summed E-state index contributed by atoms with van der Waals surface area (Å²) in [5, 5.41) is 53.6. The SMILES string of the molecule is CCCCCC1(CCCCC)OC2C3CC4(C(=O)NCCO)C(ON(Cc5cccc(C=CCOC6OC(CO)C(O)C(O)C6O)c5)C4C(=O)O3)C2O1. The Morgan fingerprint density at radius 1 is 1.02 bits per heavy atom. The van der Waals surface area contributed by atoms with Crippen LogP contribution in [0.2, 0.25) is 0 Å². The van der Waals surface area contributed by atoms with E-state index in [2.05, 4.69) is 19.2 Å². The van der Waals surface area contributed by atoms with Gasteiger partial charge in [0.25, 0.3) is 0 Å². The van der Waals surface area contributed by atoms with Crippen molar-refractivity contribution in [1.29, 1.82) is 0 Å². The van der Waals surface area contributed by atoms with Crippen LogP contribution in [0.25, 0.3) is 6.08 Å². The fraction of sp³-hybridized carbons (Fsp3) is 0.737. The minimum Gasteiger partial charge on any atom is -0.458 e. The van der Waals surface area contributed by atoms with Crippen LogP contribution in [0, 0.1) is 5.41 Å². The number of rotatable bonds is 18. The molecule has 11 atom stereocenters. The molecule has 0 spiro atoms. The van der Waals surface area contributed by atoms with E-state index in [1.54, 1.807) is 12.2 Å². The molecular formula is C38H56N2O13. The van der Waals surface area contributed by atoms with E-state index in [0.29, 0.717) is 12.8 Å². The van der Waals surface area contributed by atoms with Gasteiger partial charge in [0.2, 0.25) is 5.91 Å². The second kappa shape index (κ2) is 17.5. The predicted molar refractivity (Wildman–Crippen MR) is 187 cm³/mol. The average molecular weight is 749 g/mol. The number of hydrogen-bond acceptors (Lipinski definition) is 14. The van der Waals surface area contributed by atoms with Crippen LogP contribution >= 0.6 is 0 Å². The highest BCUT2D eigenvalue weighted by Crippen LogP contribution is 2.58. The Kier molecular flexibility index (Phi) is 13.3. The summed E-state index contributed by atoms with van der Waals surface area (Å²) in [6.45, 7) is 3.65. The molecule has 1 aliphatic carbocycles. The smallest absolute Gasteiger partial charge is 0.327 e. The lowest BCUT2D eigenvalue weighted by molar-refractivity contribution is -0.298. The molecule has 53 heavy (non-hydrogen) atoms. The Balaban J connectivity index is 1.20. The van der Waals surface area contributed by atoms with Crippen LogP contribution in [0.15, 0.2) is 30.3 Å². The minimum atomic E-state index is -1.53. The molecule has 5 fully saturated rings. The quantitative estimate of drug-likeness (QED) is 0.0918. The van der Waals surface area contributed by atoms with Gasteiger partial charge in [-0.1, -0.05) is 75.9 Å². The van der Waals surface area contributed by atoms with Crippen LogP contribution < -0.4 is 5.32 Å². The first-order valence-corrected chi connectivity index (χ1v) is 19.2. The van der Waals surface area contributed by atoms with Gasteiger partial charge in [0.1, 0.15) is 54.2 Å². The van der Waals surface area contributed by atoms with Gasteiger partial charge in [-0.3, -0.25) is 14.4 Å². The molecule has 1 amide bonds. The van der Waals surface area contributed by atoms with Crippen LogP contribution in [-0.4, -0.2) is 136 Å². The lowest BCUT2D eigenvalue weighted by atomic mass is 9.62. The first-order chi connectivity index (χ1) is 25.6. The largest absolute Gasteiger partial charge is 0.458 e. The second-order valence-corrected chi connectivity index (χ2v) is 14.9. The number of ether oxygens (including phenoxy) is 5. The zero-order chi connectivity index (χ0) is 37.8. The minimum absolute atomic E-state index is 0.00655. The summed E-state index contributed by atoms with van der Waals surface area (Å²) < 4.78 is 30.7. The van der Waals surface area contributed by atoms with E-state index in [9.17, 15) is 35.1 Å². The number of hydroxylamine groups is 2. The summed E-state index contributed by atoms with van der Waals surface area (Å²) in [6.07, 6.45) is 1.42. The maximum absolute atomic E-state index is 14.2. The van der Waals surface area contributed by atoms with E-state index in [1.165, 1.54) is 5.06 Å². The lowest BCUT2D eigenvalue weighted by Crippen LogP contribution is -2.69. The first-order valence-electron chi connectivity index (χ1n) is 19.2. The lowest BCUT2D eigenvalue weighted by Gasteiger charge is -2.48. The van der Waals surface area contributed by atoms with Gasteiger partial charge in [0, 0.05) is 25.8 Å². The van der Waals surface area contributed by atoms with Crippen molar-refractivity contribution in [3.05, 3.63) is 41.5 Å². The maximum atomic E-state index is 14.2. The van der Waals surface area contributed by atoms with Gasteiger partial charge in [-0.2, -0.15) is 5.06 Å². The highest BCUT2D eigenvalue weighted by Gasteiger charge is 2.76. The molecule has 4 saturated heterocycles. The monoisotopic (exact) mass is 748 g/mol. The third-order valence-electron chi connectivity index (χ3n) is 11.2. The van der Waals surface area contributed by atoms with Crippen molar-refractivity contribution in [3.8, 4) is 0 Å². The number of aliphatic hydroxyl groups is 5. The van der Waals surface area contributed by atoms with Gasteiger partial charge in [-0.25, -0.2) is 0 Å². The third kappa shape index (κ3) is 8.07. The number of nitrogens with zero attached hydrogens (tertiary/aromatic N) is 1. The summed E-state index contributed by atoms with van der Waals surface area (Å²) in [6, 6.07) is 6.43. The molecule has 6 rings (SSSR count). The van der Waals surface area contributed by atoms with Crippen molar-refractivity contribution in [1.82, 2.24) is 10.4 Å². The van der Waals surface area contributed by atoms with Crippen molar-refractivity contribution in [2.75, 3.05) is 26.4 Å². The molecule has 15 heteroatoms. The van der Waals surface area contributed by atoms with E-state index < -0.39 is 90.8 Å². The Bertz CT molecular complexity index is 1420. The fourth-order valence-electron chi connectivity index (χ4n) is 8.55. The molecule has 0 aromatic heterocycles. The van der Waals surface area contributed by atoms with E-state index in [1.807, 2.05) is 24.3 Å². The molecular weight excluding hydrogens is 692 g/mol. The van der Waals surface area contributed by atoms with Crippen LogP contribution in [0.3, 0.4) is 0 Å². The van der Waals surface area contributed by atoms with Crippen molar-refractivity contribution >= 4 is 18.0 Å². The van der Waals surface area contributed by atoms with Crippen molar-refractivity contribution in [2.45, 2.75) is 145 Å². The number of carbonyl (C=O) groups is 2. The van der Waals surface area contributed by atoms with E-state index >= 15 is 0 Å². The van der Waals surface area contributed by atoms with Crippen molar-refractivity contribution in [3.63, 3.8) is 0 Å². The number of amides is 1. The number of unbranched alkanes of at least 4 members (excludes halogenated alkanes) is 4. The summed E-state index contributed by atoms with van der Waals surface area (Å²) in [4.78, 5) is 34.7. The highest BCUT2D eigenvalue weighted by atomic mass is 16.8. The zero-order valence-corrected chi connectivity index (χ0v) is 30.6. The molecule has 15 nitrogen and oxygen atoms in total. The summed E-state index contributed by atoms with van der Waals surface area (Å²) in [5.74, 6) is -1.83. The number of benzene rings is 1. The molecule has 11 unspecified atom stereocenters. The normalized spacial score (nSPS) is 36.1. The topological polar surface area (TPSA) is 206 Å². The number of hydrogen-bond donors (Lipinski definition) is 6. The second-order valence-electron chi connectivity index (χ2n) is 14.9. The molecule has 1 saturated carbocycles. The van der Waals surface area contributed by atoms with Crippen LogP contribution in [-0.2, 0) is 44.7 Å². The average Bonchev–Trinajstić information content (AvgIpc) is 3.71. The number of nitrogens with one attached hydrogen (secondary N) is 1. The maximum Gasteiger partial charge on any atom is 0.327 e. The molecule has 4 heterocycles. The molecule has 6 N–H and O–H groups in total. The van der Waals surface area contributed by atoms with E-state index in [-0.39, 0.29) is 32.7 Å². The Morgan fingerprint density at radius 2 is 1.75 bits per heavy atom. The Hall–Kier alpha value is -2.54. The highest BCUT2D eigenvalue weighted by molar-refractivity contribution is 5.93. The summed E-state index contributed by atoms with van der Waals surface area (Å²) in [5.41, 5.74) is 0.242. The number of fused-ring (bicyclic) bond motifs is 4. The zero-order valence-electron chi connectivity index (χ0n) is 30.6. The molecule has 0 radical (unpaired) electrons. The van der Waals surface area contributed by atoms with Crippen molar-refractivity contribution < 1.29 is 63.6 Å². The van der Waals surface area contributed by atoms with E-state index in [4.69, 9.17) is 28.5 Å². The molecule has 1 aromatic carbocycles. The molecule has 5 aliphatic rings. The molecule has 296 valence electrons. The van der Waals surface area contributed by atoms with Crippen LogP contribution in [0.1, 0.15) is 82.8 Å². The Labute approximate surface area is 310 Å². The van der Waals surface area contributed by atoms with Gasteiger partial charge in [0.05, 0.1) is 26.4 Å². The van der Waals surface area contributed by atoms with Gasteiger partial charge in [-0.05, 0) is 24.0 Å². The molecule has 1 aromatic rings. The summed E-state index contributed by atoms with van der Waals surface area (Å²) in [7, 11) is 0. The van der Waals surface area contributed by atoms with Gasteiger partial charge in [0.15, 0.2) is 18.1 Å². The van der Waals surface area contributed by atoms with Crippen LogP contribution in [0.5, 0.6) is 0 Å². The fourth-order valence-corrected chi connectivity index (χ4v) is 8.55. The van der Waals surface area contributed by atoms with Gasteiger partial charge >= 0.3 is 5.97 Å². The first kappa shape index (κ1) is 40.1. The third-order valence-corrected chi connectivity index (χ3v) is 11.2. The standard InChI is InChI=1S/C38H56N2O13/c1-3-5-7-14-37(15-8-6-4-2)51-30-25-20-38(36(47)39-16-17-41)32(34(46)49-25)40(53-33(38)31(30)52-37)21-24-12-9-11-23(19-24)13-10-18-48-35-29(45)28(44)27(43)26(22-42)50-35/h9-13,19,25-33,35,41-45H,3-8,14-18,20-22H2,1-2H3,(H,39,47). The van der Waals surface area contributed by atoms with Gasteiger partial charge < -0.3 is 54.5 Å². The molecule has 2 bridgehead atoms. The van der Waals surface area contributed by atoms with E-state index in [0.717, 1.165) is 49.7 Å². The molecule has 4 aliphatic heterocycles.